The number of carbonyl (C=O) groups excluding carboxylic acids is 1. The van der Waals surface area contributed by atoms with Crippen molar-refractivity contribution in [2.75, 3.05) is 12.4 Å². The maximum absolute atomic E-state index is 12.3. The lowest BCUT2D eigenvalue weighted by Gasteiger charge is -2.09. The van der Waals surface area contributed by atoms with Crippen LogP contribution in [-0.2, 0) is 11.3 Å². The first kappa shape index (κ1) is 15.2. The SMILES string of the molecule is Cc1cc(C(=O)CSc2nnnn2CC2CCCO2)c(C)[nH]1. The van der Waals surface area contributed by atoms with Crippen LogP contribution in [0.5, 0.6) is 0 Å². The third kappa shape index (κ3) is 3.38. The molecule has 1 N–H and O–H groups in total. The summed E-state index contributed by atoms with van der Waals surface area (Å²) in [4.78, 5) is 15.4. The predicted molar refractivity (Wildman–Crippen MR) is 82.1 cm³/mol. The van der Waals surface area contributed by atoms with Crippen molar-refractivity contribution < 1.29 is 9.53 Å². The van der Waals surface area contributed by atoms with E-state index >= 15 is 0 Å². The Labute approximate surface area is 132 Å². The molecule has 1 fully saturated rings. The van der Waals surface area contributed by atoms with Gasteiger partial charge in [0.1, 0.15) is 0 Å². The highest BCUT2D eigenvalue weighted by Gasteiger charge is 2.20. The zero-order valence-electron chi connectivity index (χ0n) is 12.7. The predicted octanol–water partition coefficient (Wildman–Crippen LogP) is 1.77. The first-order valence-corrected chi connectivity index (χ1v) is 8.32. The molecule has 3 rings (SSSR count). The van der Waals surface area contributed by atoms with Crippen LogP contribution in [0.15, 0.2) is 11.2 Å². The highest BCUT2D eigenvalue weighted by atomic mass is 32.2. The number of carbonyl (C=O) groups is 1. The third-order valence-electron chi connectivity index (χ3n) is 3.68. The molecule has 7 nitrogen and oxygen atoms in total. The number of tetrazole rings is 1. The van der Waals surface area contributed by atoms with Gasteiger partial charge in [0.2, 0.25) is 5.16 Å². The molecular weight excluding hydrogens is 302 g/mol. The van der Waals surface area contributed by atoms with Gasteiger partial charge in [-0.1, -0.05) is 11.8 Å². The molecule has 2 aromatic rings. The topological polar surface area (TPSA) is 85.7 Å². The van der Waals surface area contributed by atoms with Crippen LogP contribution >= 0.6 is 11.8 Å². The van der Waals surface area contributed by atoms with Crippen LogP contribution in [0.4, 0.5) is 0 Å². The van der Waals surface area contributed by atoms with Gasteiger partial charge in [-0.2, -0.15) is 0 Å². The van der Waals surface area contributed by atoms with Gasteiger partial charge in [0.25, 0.3) is 0 Å². The summed E-state index contributed by atoms with van der Waals surface area (Å²) in [5.74, 6) is 0.405. The molecule has 1 aliphatic rings. The number of ketones is 1. The van der Waals surface area contributed by atoms with Crippen LogP contribution in [0, 0.1) is 13.8 Å². The molecular formula is C14H19N5O2S. The molecule has 1 atom stereocenters. The van der Waals surface area contributed by atoms with Crippen molar-refractivity contribution in [2.24, 2.45) is 0 Å². The van der Waals surface area contributed by atoms with E-state index in [2.05, 4.69) is 20.5 Å². The standard InChI is InChI=1S/C14H19N5O2S/c1-9-6-12(10(2)15-9)13(20)8-22-14-16-17-18-19(14)7-11-4-3-5-21-11/h6,11,15H,3-5,7-8H2,1-2H3. The minimum atomic E-state index is 0.0820. The van der Waals surface area contributed by atoms with Crippen molar-refractivity contribution in [1.82, 2.24) is 25.2 Å². The van der Waals surface area contributed by atoms with Crippen molar-refractivity contribution in [3.8, 4) is 0 Å². The zero-order valence-corrected chi connectivity index (χ0v) is 13.5. The minimum Gasteiger partial charge on any atom is -0.376 e. The van der Waals surface area contributed by atoms with Gasteiger partial charge in [0, 0.05) is 23.6 Å². The molecule has 0 amide bonds. The highest BCUT2D eigenvalue weighted by Crippen LogP contribution is 2.20. The van der Waals surface area contributed by atoms with Crippen LogP contribution < -0.4 is 0 Å². The molecule has 3 heterocycles. The lowest BCUT2D eigenvalue weighted by atomic mass is 10.2. The number of thioether (sulfide) groups is 1. The lowest BCUT2D eigenvalue weighted by molar-refractivity contribution is 0.0912. The molecule has 2 aromatic heterocycles. The smallest absolute Gasteiger partial charge is 0.209 e. The fourth-order valence-electron chi connectivity index (χ4n) is 2.62. The normalized spacial score (nSPS) is 18.0. The van der Waals surface area contributed by atoms with Gasteiger partial charge < -0.3 is 9.72 Å². The van der Waals surface area contributed by atoms with Crippen LogP contribution in [0.3, 0.4) is 0 Å². The summed E-state index contributed by atoms with van der Waals surface area (Å²) in [5.41, 5.74) is 2.64. The number of nitrogens with one attached hydrogen (secondary N) is 1. The van der Waals surface area contributed by atoms with Crippen LogP contribution in [-0.4, -0.2) is 49.4 Å². The number of aryl methyl sites for hydroxylation is 2. The summed E-state index contributed by atoms with van der Waals surface area (Å²) < 4.78 is 7.32. The summed E-state index contributed by atoms with van der Waals surface area (Å²) >= 11 is 1.37. The Morgan fingerprint density at radius 1 is 1.55 bits per heavy atom. The van der Waals surface area contributed by atoms with E-state index in [1.54, 1.807) is 4.68 Å². The van der Waals surface area contributed by atoms with Gasteiger partial charge >= 0.3 is 0 Å². The maximum atomic E-state index is 12.3. The number of ether oxygens (including phenoxy) is 1. The Balaban J connectivity index is 1.60. The number of H-pyrrole nitrogens is 1. The average Bonchev–Trinajstić information content (AvgIpc) is 3.19. The average molecular weight is 321 g/mol. The molecule has 0 radical (unpaired) electrons. The Bertz CT molecular complexity index is 660. The molecule has 8 heteroatoms. The van der Waals surface area contributed by atoms with Gasteiger partial charge in [-0.05, 0) is 43.2 Å². The molecule has 0 aromatic carbocycles. The minimum absolute atomic E-state index is 0.0820. The Hall–Kier alpha value is -1.67. The molecule has 0 saturated carbocycles. The summed E-state index contributed by atoms with van der Waals surface area (Å²) in [6.07, 6.45) is 2.29. The van der Waals surface area contributed by atoms with E-state index in [0.29, 0.717) is 17.5 Å². The molecule has 0 bridgehead atoms. The van der Waals surface area contributed by atoms with E-state index in [1.807, 2.05) is 19.9 Å². The second-order valence-corrected chi connectivity index (χ2v) is 6.42. The number of hydrogen-bond acceptors (Lipinski definition) is 6. The number of hydrogen-bond donors (Lipinski definition) is 1. The fourth-order valence-corrected chi connectivity index (χ4v) is 3.39. The van der Waals surface area contributed by atoms with Crippen molar-refractivity contribution in [2.45, 2.75) is 44.5 Å². The molecule has 1 aliphatic heterocycles. The summed E-state index contributed by atoms with van der Waals surface area (Å²) in [7, 11) is 0. The van der Waals surface area contributed by atoms with Gasteiger partial charge in [-0.3, -0.25) is 4.79 Å². The maximum Gasteiger partial charge on any atom is 0.209 e. The summed E-state index contributed by atoms with van der Waals surface area (Å²) in [5, 5.41) is 12.4. The van der Waals surface area contributed by atoms with E-state index in [-0.39, 0.29) is 11.9 Å². The monoisotopic (exact) mass is 321 g/mol. The van der Waals surface area contributed by atoms with Crippen LogP contribution in [0.1, 0.15) is 34.6 Å². The van der Waals surface area contributed by atoms with Crippen LogP contribution in [0.25, 0.3) is 0 Å². The number of aromatic amines is 1. The first-order chi connectivity index (χ1) is 10.6. The molecule has 118 valence electrons. The largest absolute Gasteiger partial charge is 0.376 e. The number of aromatic nitrogens is 5. The van der Waals surface area contributed by atoms with E-state index < -0.39 is 0 Å². The first-order valence-electron chi connectivity index (χ1n) is 7.33. The van der Waals surface area contributed by atoms with E-state index in [1.165, 1.54) is 11.8 Å². The van der Waals surface area contributed by atoms with Gasteiger partial charge in [-0.15, -0.1) is 5.10 Å². The molecule has 0 spiro atoms. The van der Waals surface area contributed by atoms with Crippen molar-refractivity contribution in [3.05, 3.63) is 23.0 Å². The Morgan fingerprint density at radius 2 is 2.41 bits per heavy atom. The number of nitrogens with zero attached hydrogens (tertiary/aromatic N) is 4. The molecule has 1 unspecified atom stereocenters. The van der Waals surface area contributed by atoms with Crippen molar-refractivity contribution >= 4 is 17.5 Å². The quantitative estimate of drug-likeness (QED) is 0.644. The number of Topliss-reactive ketones (excluding diaryl/α,β-unsaturated/α-hetero) is 1. The van der Waals surface area contributed by atoms with Gasteiger partial charge in [0.15, 0.2) is 5.78 Å². The lowest BCUT2D eigenvalue weighted by Crippen LogP contribution is -2.17. The van der Waals surface area contributed by atoms with Crippen molar-refractivity contribution in [3.63, 3.8) is 0 Å². The Kier molecular flexibility index (Phi) is 4.58. The zero-order chi connectivity index (χ0) is 15.5. The summed E-state index contributed by atoms with van der Waals surface area (Å²) in [6.45, 7) is 5.30. The molecule has 1 saturated heterocycles. The van der Waals surface area contributed by atoms with E-state index in [0.717, 1.165) is 36.4 Å². The highest BCUT2D eigenvalue weighted by molar-refractivity contribution is 7.99. The fraction of sp³-hybridized carbons (Fsp3) is 0.571. The van der Waals surface area contributed by atoms with E-state index in [9.17, 15) is 4.79 Å². The molecule has 0 aliphatic carbocycles. The van der Waals surface area contributed by atoms with Gasteiger partial charge in [-0.25, -0.2) is 4.68 Å². The Morgan fingerprint density at radius 3 is 3.09 bits per heavy atom. The summed E-state index contributed by atoms with van der Waals surface area (Å²) in [6, 6.07) is 1.88. The van der Waals surface area contributed by atoms with Crippen molar-refractivity contribution in [1.29, 1.82) is 0 Å². The second-order valence-electron chi connectivity index (χ2n) is 5.48. The molecule has 22 heavy (non-hydrogen) atoms. The second kappa shape index (κ2) is 6.62. The van der Waals surface area contributed by atoms with Gasteiger partial charge in [0.05, 0.1) is 18.4 Å². The van der Waals surface area contributed by atoms with Crippen LogP contribution in [0.2, 0.25) is 0 Å². The van der Waals surface area contributed by atoms with E-state index in [4.69, 9.17) is 4.74 Å². The number of rotatable bonds is 6. The third-order valence-corrected chi connectivity index (χ3v) is 4.64.